The molecular formula is C18H26N4O2S. The van der Waals surface area contributed by atoms with Crippen LogP contribution in [0.2, 0.25) is 0 Å². The van der Waals surface area contributed by atoms with E-state index in [-0.39, 0.29) is 11.3 Å². The summed E-state index contributed by atoms with van der Waals surface area (Å²) in [5.74, 6) is 0.404. The molecule has 1 spiro atoms. The lowest BCUT2D eigenvalue weighted by atomic mass is 9.73. The first kappa shape index (κ1) is 16.9. The van der Waals surface area contributed by atoms with Crippen molar-refractivity contribution in [1.29, 1.82) is 0 Å². The van der Waals surface area contributed by atoms with E-state index in [0.717, 1.165) is 70.3 Å². The minimum absolute atomic E-state index is 0.0902. The van der Waals surface area contributed by atoms with Crippen LogP contribution in [0.1, 0.15) is 67.2 Å². The molecule has 25 heavy (non-hydrogen) atoms. The topological polar surface area (TPSA) is 66.4 Å². The zero-order valence-electron chi connectivity index (χ0n) is 14.9. The number of hydrogen-bond acceptors (Lipinski definition) is 5. The van der Waals surface area contributed by atoms with Crippen LogP contribution in [0.3, 0.4) is 0 Å². The van der Waals surface area contributed by atoms with Crippen LogP contribution in [0.25, 0.3) is 0 Å². The van der Waals surface area contributed by atoms with Crippen LogP contribution >= 0.6 is 11.5 Å². The zero-order chi connectivity index (χ0) is 17.4. The Balaban J connectivity index is 1.49. The second-order valence-electron chi connectivity index (χ2n) is 7.88. The van der Waals surface area contributed by atoms with Gasteiger partial charge in [-0.15, -0.1) is 5.10 Å². The molecule has 1 atom stereocenters. The first-order valence-corrected chi connectivity index (χ1v) is 10.3. The minimum Gasteiger partial charge on any atom is -0.339 e. The first-order valence-electron chi connectivity index (χ1n) is 9.52. The fourth-order valence-corrected chi connectivity index (χ4v) is 5.07. The minimum atomic E-state index is 0.0902. The highest BCUT2D eigenvalue weighted by Crippen LogP contribution is 2.42. The summed E-state index contributed by atoms with van der Waals surface area (Å²) in [6, 6.07) is 0.470. The van der Waals surface area contributed by atoms with Crippen LogP contribution in [0.5, 0.6) is 0 Å². The lowest BCUT2D eigenvalue weighted by molar-refractivity contribution is -0.139. The Morgan fingerprint density at radius 2 is 2.16 bits per heavy atom. The monoisotopic (exact) mass is 362 g/mol. The number of amides is 2. The Morgan fingerprint density at radius 1 is 1.32 bits per heavy atom. The molecule has 1 aromatic heterocycles. The second kappa shape index (κ2) is 6.67. The number of aryl methyl sites for hydroxylation is 1. The third-order valence-electron chi connectivity index (χ3n) is 5.87. The molecule has 1 aromatic rings. The number of aromatic nitrogens is 2. The van der Waals surface area contributed by atoms with Crippen molar-refractivity contribution in [3.8, 4) is 0 Å². The summed E-state index contributed by atoms with van der Waals surface area (Å²) >= 11 is 1.23. The molecule has 3 heterocycles. The standard InChI is InChI=1S/C18H26N4O2S/c1-2-4-14-16(25-20-19-14)17(24)21-10-3-8-18(11-21)9-7-15(23)22(12-18)13-5-6-13/h13H,2-12H2,1H3/t18-/m0/s1. The fourth-order valence-electron chi connectivity index (χ4n) is 4.39. The third kappa shape index (κ3) is 3.30. The van der Waals surface area contributed by atoms with Gasteiger partial charge in [0.2, 0.25) is 5.91 Å². The van der Waals surface area contributed by atoms with Gasteiger partial charge in [0.15, 0.2) is 0 Å². The second-order valence-corrected chi connectivity index (χ2v) is 8.64. The number of likely N-dealkylation sites (tertiary alicyclic amines) is 2. The van der Waals surface area contributed by atoms with Gasteiger partial charge in [0, 0.05) is 37.5 Å². The molecule has 4 rings (SSSR count). The van der Waals surface area contributed by atoms with E-state index >= 15 is 0 Å². The van der Waals surface area contributed by atoms with Gasteiger partial charge in [-0.05, 0) is 50.1 Å². The smallest absolute Gasteiger partial charge is 0.267 e. The van der Waals surface area contributed by atoms with Crippen LogP contribution in [-0.4, -0.2) is 56.9 Å². The Hall–Kier alpha value is -1.50. The number of carbonyl (C=O) groups is 2. The maximum atomic E-state index is 13.1. The Morgan fingerprint density at radius 3 is 2.92 bits per heavy atom. The van der Waals surface area contributed by atoms with Gasteiger partial charge in [-0.3, -0.25) is 9.59 Å². The average Bonchev–Trinajstić information content (AvgIpc) is 3.36. The molecule has 3 fully saturated rings. The van der Waals surface area contributed by atoms with E-state index in [1.165, 1.54) is 11.5 Å². The quantitative estimate of drug-likeness (QED) is 0.825. The molecule has 0 N–H and O–H groups in total. The van der Waals surface area contributed by atoms with Crippen molar-refractivity contribution in [3.63, 3.8) is 0 Å². The van der Waals surface area contributed by atoms with Crippen molar-refractivity contribution in [2.75, 3.05) is 19.6 Å². The molecule has 0 bridgehead atoms. The normalized spacial score (nSPS) is 27.2. The number of nitrogens with zero attached hydrogens (tertiary/aromatic N) is 4. The van der Waals surface area contributed by atoms with E-state index < -0.39 is 0 Å². The van der Waals surface area contributed by atoms with E-state index in [0.29, 0.717) is 23.2 Å². The molecule has 1 saturated carbocycles. The van der Waals surface area contributed by atoms with Crippen LogP contribution in [0, 0.1) is 5.41 Å². The van der Waals surface area contributed by atoms with Gasteiger partial charge < -0.3 is 9.80 Å². The van der Waals surface area contributed by atoms with Crippen molar-refractivity contribution >= 4 is 23.3 Å². The number of hydrogen-bond donors (Lipinski definition) is 0. The molecular weight excluding hydrogens is 336 g/mol. The van der Waals surface area contributed by atoms with Crippen LogP contribution in [-0.2, 0) is 11.2 Å². The predicted octanol–water partition coefficient (Wildman–Crippen LogP) is 2.50. The first-order chi connectivity index (χ1) is 12.1. The van der Waals surface area contributed by atoms with Gasteiger partial charge in [-0.25, -0.2) is 0 Å². The van der Waals surface area contributed by atoms with Gasteiger partial charge in [0.25, 0.3) is 5.91 Å². The lowest BCUT2D eigenvalue weighted by Gasteiger charge is -2.48. The largest absolute Gasteiger partial charge is 0.339 e. The summed E-state index contributed by atoms with van der Waals surface area (Å²) in [5.41, 5.74) is 0.934. The summed E-state index contributed by atoms with van der Waals surface area (Å²) in [5, 5.41) is 4.15. The van der Waals surface area contributed by atoms with Gasteiger partial charge in [0.05, 0.1) is 5.69 Å². The fraction of sp³-hybridized carbons (Fsp3) is 0.778. The molecule has 1 aliphatic carbocycles. The SMILES string of the molecule is CCCc1nnsc1C(=O)N1CCC[C@]2(CCC(=O)N(C3CC3)C2)C1. The molecule has 0 radical (unpaired) electrons. The zero-order valence-corrected chi connectivity index (χ0v) is 15.7. The number of rotatable bonds is 4. The molecule has 2 aliphatic heterocycles. The van der Waals surface area contributed by atoms with E-state index in [2.05, 4.69) is 21.4 Å². The number of piperidine rings is 2. The highest BCUT2D eigenvalue weighted by atomic mass is 32.1. The highest BCUT2D eigenvalue weighted by Gasteiger charge is 2.46. The Kier molecular flexibility index (Phi) is 4.52. The summed E-state index contributed by atoms with van der Waals surface area (Å²) in [6.45, 7) is 4.51. The predicted molar refractivity (Wildman–Crippen MR) is 95.4 cm³/mol. The molecule has 0 unspecified atom stereocenters. The molecule has 7 heteroatoms. The highest BCUT2D eigenvalue weighted by molar-refractivity contribution is 7.08. The van der Waals surface area contributed by atoms with Crippen molar-refractivity contribution in [2.45, 2.75) is 64.3 Å². The lowest BCUT2D eigenvalue weighted by Crippen LogP contribution is -2.55. The molecule has 2 amide bonds. The van der Waals surface area contributed by atoms with E-state index in [1.807, 2.05) is 4.90 Å². The molecule has 136 valence electrons. The summed E-state index contributed by atoms with van der Waals surface area (Å²) in [4.78, 5) is 30.1. The maximum absolute atomic E-state index is 13.1. The van der Waals surface area contributed by atoms with E-state index in [9.17, 15) is 9.59 Å². The summed E-state index contributed by atoms with van der Waals surface area (Å²) in [6.07, 6.45) is 7.77. The summed E-state index contributed by atoms with van der Waals surface area (Å²) in [7, 11) is 0. The van der Waals surface area contributed by atoms with Crippen LogP contribution in [0.15, 0.2) is 0 Å². The Bertz CT molecular complexity index is 672. The van der Waals surface area contributed by atoms with Crippen molar-refractivity contribution in [1.82, 2.24) is 19.4 Å². The molecule has 2 saturated heterocycles. The van der Waals surface area contributed by atoms with Crippen LogP contribution in [0.4, 0.5) is 0 Å². The Labute approximate surface area is 152 Å². The van der Waals surface area contributed by atoms with Gasteiger partial charge in [-0.2, -0.15) is 0 Å². The summed E-state index contributed by atoms with van der Waals surface area (Å²) < 4.78 is 4.01. The molecule has 3 aliphatic rings. The maximum Gasteiger partial charge on any atom is 0.267 e. The van der Waals surface area contributed by atoms with E-state index in [1.54, 1.807) is 0 Å². The van der Waals surface area contributed by atoms with E-state index in [4.69, 9.17) is 0 Å². The van der Waals surface area contributed by atoms with Crippen LogP contribution < -0.4 is 0 Å². The third-order valence-corrected chi connectivity index (χ3v) is 6.62. The van der Waals surface area contributed by atoms with Crippen molar-refractivity contribution < 1.29 is 9.59 Å². The molecule has 6 nitrogen and oxygen atoms in total. The number of carbonyl (C=O) groups excluding carboxylic acids is 2. The van der Waals surface area contributed by atoms with Crippen molar-refractivity contribution in [3.05, 3.63) is 10.6 Å². The molecule has 0 aromatic carbocycles. The average molecular weight is 362 g/mol. The van der Waals surface area contributed by atoms with Gasteiger partial charge >= 0.3 is 0 Å². The van der Waals surface area contributed by atoms with Gasteiger partial charge in [-0.1, -0.05) is 17.8 Å². The van der Waals surface area contributed by atoms with Crippen molar-refractivity contribution in [2.24, 2.45) is 5.41 Å². The van der Waals surface area contributed by atoms with Gasteiger partial charge in [0.1, 0.15) is 4.88 Å².